The van der Waals surface area contributed by atoms with Crippen LogP contribution in [0, 0.1) is 5.82 Å². The molecule has 1 aliphatic rings. The quantitative estimate of drug-likeness (QED) is 0.792. The Hall–Kier alpha value is -1.32. The zero-order valence-corrected chi connectivity index (χ0v) is 9.79. The van der Waals surface area contributed by atoms with E-state index >= 15 is 0 Å². The lowest BCUT2D eigenvalue weighted by atomic mass is 10.2. The maximum absolute atomic E-state index is 13.9. The second-order valence-corrected chi connectivity index (χ2v) is 4.96. The summed E-state index contributed by atoms with van der Waals surface area (Å²) in [6.07, 6.45) is 3.66. The number of halogens is 1. The summed E-state index contributed by atoms with van der Waals surface area (Å²) in [7, 11) is 0. The van der Waals surface area contributed by atoms with Crippen molar-refractivity contribution in [3.63, 3.8) is 0 Å². The zero-order chi connectivity index (χ0) is 11.8. The van der Waals surface area contributed by atoms with Crippen molar-refractivity contribution < 1.29 is 13.9 Å². The fourth-order valence-corrected chi connectivity index (χ4v) is 1.23. The van der Waals surface area contributed by atoms with Crippen LogP contribution < -0.4 is 9.47 Å². The summed E-state index contributed by atoms with van der Waals surface area (Å²) in [5, 5.41) is 0. The van der Waals surface area contributed by atoms with Crippen LogP contribution in [0.3, 0.4) is 0 Å². The van der Waals surface area contributed by atoms with Gasteiger partial charge in [0.1, 0.15) is 5.60 Å². The molecule has 16 heavy (non-hydrogen) atoms. The molecule has 0 spiro atoms. The van der Waals surface area contributed by atoms with Crippen LogP contribution in [0.2, 0.25) is 0 Å². The van der Waals surface area contributed by atoms with Gasteiger partial charge in [0.15, 0.2) is 5.75 Å². The molecule has 0 bridgehead atoms. The van der Waals surface area contributed by atoms with Crippen molar-refractivity contribution in [1.82, 2.24) is 4.98 Å². The monoisotopic (exact) mass is 225 g/mol. The zero-order valence-electron chi connectivity index (χ0n) is 9.79. The molecule has 3 nitrogen and oxygen atoms in total. The summed E-state index contributed by atoms with van der Waals surface area (Å²) in [6.45, 7) is 5.55. The first-order valence-corrected chi connectivity index (χ1v) is 5.46. The fraction of sp³-hybridized carbons (Fsp3) is 0.583. The molecule has 1 aromatic rings. The smallest absolute Gasteiger partial charge is 0.254 e. The molecular weight excluding hydrogens is 209 g/mol. The van der Waals surface area contributed by atoms with E-state index in [0.717, 1.165) is 12.8 Å². The lowest BCUT2D eigenvalue weighted by Crippen LogP contribution is -2.24. The summed E-state index contributed by atoms with van der Waals surface area (Å²) in [5.74, 6) is -0.272. The number of pyridine rings is 1. The van der Waals surface area contributed by atoms with Gasteiger partial charge in [0, 0.05) is 12.3 Å². The molecule has 1 saturated carbocycles. The molecule has 0 saturated heterocycles. The number of nitrogens with zero attached hydrogens (tertiary/aromatic N) is 1. The van der Waals surface area contributed by atoms with Crippen molar-refractivity contribution in [2.45, 2.75) is 45.3 Å². The van der Waals surface area contributed by atoms with Crippen molar-refractivity contribution >= 4 is 0 Å². The average molecular weight is 225 g/mol. The van der Waals surface area contributed by atoms with Crippen LogP contribution >= 0.6 is 0 Å². The molecule has 0 aliphatic heterocycles. The Labute approximate surface area is 94.6 Å². The van der Waals surface area contributed by atoms with Crippen LogP contribution in [0.25, 0.3) is 0 Å². The van der Waals surface area contributed by atoms with Crippen LogP contribution in [-0.4, -0.2) is 16.7 Å². The standard InChI is InChI=1S/C12H16FNO2/c1-12(2,3)16-11-10(13)9(6-7-14-11)15-8-4-5-8/h6-8H,4-5H2,1-3H3. The Kier molecular flexibility index (Phi) is 2.74. The predicted molar refractivity (Wildman–Crippen MR) is 58.2 cm³/mol. The Balaban J connectivity index is 2.18. The molecule has 0 amide bonds. The highest BCUT2D eigenvalue weighted by molar-refractivity contribution is 5.30. The van der Waals surface area contributed by atoms with E-state index < -0.39 is 11.4 Å². The molecule has 1 heterocycles. The van der Waals surface area contributed by atoms with E-state index in [0.29, 0.717) is 0 Å². The normalized spacial score (nSPS) is 16.0. The van der Waals surface area contributed by atoms with Crippen LogP contribution in [0.4, 0.5) is 4.39 Å². The van der Waals surface area contributed by atoms with Crippen LogP contribution in [0.15, 0.2) is 12.3 Å². The van der Waals surface area contributed by atoms with E-state index in [1.807, 2.05) is 20.8 Å². The number of ether oxygens (including phenoxy) is 2. The Bertz CT molecular complexity index is 383. The third-order valence-corrected chi connectivity index (χ3v) is 2.04. The van der Waals surface area contributed by atoms with Crippen molar-refractivity contribution in [2.24, 2.45) is 0 Å². The van der Waals surface area contributed by atoms with Gasteiger partial charge in [0.25, 0.3) is 5.88 Å². The molecule has 0 atom stereocenters. The predicted octanol–water partition coefficient (Wildman–Crippen LogP) is 2.94. The Morgan fingerprint density at radius 2 is 2.06 bits per heavy atom. The second-order valence-electron chi connectivity index (χ2n) is 4.96. The van der Waals surface area contributed by atoms with Gasteiger partial charge in [-0.3, -0.25) is 0 Å². The number of hydrogen-bond acceptors (Lipinski definition) is 3. The first kappa shape index (κ1) is 11.2. The van der Waals surface area contributed by atoms with Gasteiger partial charge < -0.3 is 9.47 Å². The third kappa shape index (κ3) is 2.84. The molecule has 2 rings (SSSR count). The molecule has 0 N–H and O–H groups in total. The van der Waals surface area contributed by atoms with Gasteiger partial charge in [-0.1, -0.05) is 0 Å². The highest BCUT2D eigenvalue weighted by Gasteiger charge is 2.26. The van der Waals surface area contributed by atoms with E-state index in [9.17, 15) is 4.39 Å². The summed E-state index contributed by atoms with van der Waals surface area (Å²) in [6, 6.07) is 1.53. The first-order valence-electron chi connectivity index (χ1n) is 5.46. The number of rotatable bonds is 3. The van der Waals surface area contributed by atoms with E-state index in [-0.39, 0.29) is 17.7 Å². The summed E-state index contributed by atoms with van der Waals surface area (Å²) in [4.78, 5) is 3.87. The molecule has 1 aromatic heterocycles. The minimum absolute atomic E-state index is 0.00523. The Morgan fingerprint density at radius 3 is 2.62 bits per heavy atom. The molecule has 0 aromatic carbocycles. The minimum atomic E-state index is -0.510. The SMILES string of the molecule is CC(C)(C)Oc1nccc(OC2CC2)c1F. The largest absolute Gasteiger partial charge is 0.487 e. The summed E-state index contributed by atoms with van der Waals surface area (Å²) < 4.78 is 24.7. The lowest BCUT2D eigenvalue weighted by molar-refractivity contribution is 0.115. The lowest BCUT2D eigenvalue weighted by Gasteiger charge is -2.21. The summed E-state index contributed by atoms with van der Waals surface area (Å²) >= 11 is 0. The van der Waals surface area contributed by atoms with Crippen molar-refractivity contribution in [2.75, 3.05) is 0 Å². The van der Waals surface area contributed by atoms with Gasteiger partial charge in [-0.25, -0.2) is 4.98 Å². The highest BCUT2D eigenvalue weighted by atomic mass is 19.1. The van der Waals surface area contributed by atoms with E-state index in [1.165, 1.54) is 12.3 Å². The molecule has 0 radical (unpaired) electrons. The van der Waals surface area contributed by atoms with Crippen LogP contribution in [0.5, 0.6) is 11.6 Å². The molecule has 4 heteroatoms. The topological polar surface area (TPSA) is 31.4 Å². The van der Waals surface area contributed by atoms with Crippen LogP contribution in [0.1, 0.15) is 33.6 Å². The summed E-state index contributed by atoms with van der Waals surface area (Å²) in [5.41, 5.74) is -0.466. The first-order chi connectivity index (χ1) is 7.46. The molecule has 88 valence electrons. The van der Waals surface area contributed by atoms with Gasteiger partial charge in [0.2, 0.25) is 5.82 Å². The highest BCUT2D eigenvalue weighted by Crippen LogP contribution is 2.32. The maximum atomic E-state index is 13.9. The van der Waals surface area contributed by atoms with Gasteiger partial charge in [-0.05, 0) is 33.6 Å². The third-order valence-electron chi connectivity index (χ3n) is 2.04. The average Bonchev–Trinajstić information content (AvgIpc) is 2.93. The van der Waals surface area contributed by atoms with Crippen molar-refractivity contribution in [3.05, 3.63) is 18.1 Å². The Morgan fingerprint density at radius 1 is 1.38 bits per heavy atom. The molecule has 0 unspecified atom stereocenters. The minimum Gasteiger partial charge on any atom is -0.487 e. The van der Waals surface area contributed by atoms with E-state index in [1.54, 1.807) is 0 Å². The van der Waals surface area contributed by atoms with Crippen molar-refractivity contribution in [1.29, 1.82) is 0 Å². The molecule has 1 aliphatic carbocycles. The van der Waals surface area contributed by atoms with Crippen LogP contribution in [-0.2, 0) is 0 Å². The number of aromatic nitrogens is 1. The molecular formula is C12H16FNO2. The van der Waals surface area contributed by atoms with Gasteiger partial charge >= 0.3 is 0 Å². The van der Waals surface area contributed by atoms with Crippen molar-refractivity contribution in [3.8, 4) is 11.6 Å². The molecule has 1 fully saturated rings. The fourth-order valence-electron chi connectivity index (χ4n) is 1.23. The van der Waals surface area contributed by atoms with E-state index in [2.05, 4.69) is 4.98 Å². The second kappa shape index (κ2) is 3.92. The van der Waals surface area contributed by atoms with E-state index in [4.69, 9.17) is 9.47 Å². The van der Waals surface area contributed by atoms with Gasteiger partial charge in [-0.15, -0.1) is 0 Å². The van der Waals surface area contributed by atoms with Gasteiger partial charge in [-0.2, -0.15) is 4.39 Å². The number of hydrogen-bond donors (Lipinski definition) is 0. The maximum Gasteiger partial charge on any atom is 0.254 e. The van der Waals surface area contributed by atoms with Gasteiger partial charge in [0.05, 0.1) is 6.10 Å².